The second-order valence-corrected chi connectivity index (χ2v) is 4.42. The topological polar surface area (TPSA) is 71.4 Å². The van der Waals surface area contributed by atoms with Gasteiger partial charge in [-0.05, 0) is 12.1 Å². The third kappa shape index (κ3) is 3.10. The van der Waals surface area contributed by atoms with Crippen LogP contribution in [0.5, 0.6) is 0 Å². The van der Waals surface area contributed by atoms with Gasteiger partial charge in [-0.1, -0.05) is 18.2 Å². The molecule has 3 aromatic rings. The lowest BCUT2D eigenvalue weighted by atomic mass is 10.3. The van der Waals surface area contributed by atoms with Gasteiger partial charge in [0.1, 0.15) is 5.82 Å². The summed E-state index contributed by atoms with van der Waals surface area (Å²) >= 11 is 0. The fraction of sp³-hybridized carbons (Fsp3) is 0.214. The molecular weight excluding hydrogens is 252 g/mol. The van der Waals surface area contributed by atoms with Crippen LogP contribution in [0.1, 0.15) is 11.5 Å². The summed E-state index contributed by atoms with van der Waals surface area (Å²) in [6, 6.07) is 9.88. The quantitative estimate of drug-likeness (QED) is 0.661. The molecule has 3 rings (SSSR count). The Balaban J connectivity index is 1.50. The first-order valence-corrected chi connectivity index (χ1v) is 6.57. The molecule has 6 nitrogen and oxygen atoms in total. The molecule has 2 aromatic heterocycles. The monoisotopic (exact) mass is 268 g/mol. The molecular formula is C14H16N6. The highest BCUT2D eigenvalue weighted by atomic mass is 15.5. The molecule has 0 radical (unpaired) electrons. The molecule has 0 aliphatic rings. The Labute approximate surface area is 116 Å². The van der Waals surface area contributed by atoms with Crippen molar-refractivity contribution in [2.24, 2.45) is 0 Å². The van der Waals surface area contributed by atoms with Crippen molar-refractivity contribution in [3.05, 3.63) is 60.4 Å². The van der Waals surface area contributed by atoms with Crippen LogP contribution in [0.15, 0.2) is 48.9 Å². The average Bonchev–Trinajstić information content (AvgIpc) is 3.16. The first-order chi connectivity index (χ1) is 9.92. The minimum absolute atomic E-state index is 0.702. The molecule has 0 aliphatic heterocycles. The molecule has 0 saturated heterocycles. The molecule has 0 fully saturated rings. The number of rotatable bonds is 6. The SMILES string of the molecule is c1ccc(-n2ncc(CNCCc3ncc[nH]3)n2)cc1. The molecule has 20 heavy (non-hydrogen) atoms. The highest BCUT2D eigenvalue weighted by molar-refractivity contribution is 5.28. The summed E-state index contributed by atoms with van der Waals surface area (Å²) < 4.78 is 0. The zero-order chi connectivity index (χ0) is 13.6. The van der Waals surface area contributed by atoms with Gasteiger partial charge in [-0.15, -0.1) is 0 Å². The number of nitrogens with zero attached hydrogens (tertiary/aromatic N) is 4. The van der Waals surface area contributed by atoms with Gasteiger partial charge in [-0.2, -0.15) is 15.0 Å². The van der Waals surface area contributed by atoms with Crippen LogP contribution in [-0.4, -0.2) is 31.5 Å². The van der Waals surface area contributed by atoms with Crippen LogP contribution >= 0.6 is 0 Å². The maximum atomic E-state index is 4.43. The summed E-state index contributed by atoms with van der Waals surface area (Å²) in [5, 5.41) is 12.0. The van der Waals surface area contributed by atoms with E-state index in [1.807, 2.05) is 36.5 Å². The molecule has 2 N–H and O–H groups in total. The fourth-order valence-corrected chi connectivity index (χ4v) is 1.92. The zero-order valence-electron chi connectivity index (χ0n) is 11.0. The van der Waals surface area contributed by atoms with Crippen molar-refractivity contribution in [1.29, 1.82) is 0 Å². The molecule has 0 atom stereocenters. The maximum Gasteiger partial charge on any atom is 0.107 e. The first kappa shape index (κ1) is 12.6. The van der Waals surface area contributed by atoms with E-state index in [1.165, 1.54) is 0 Å². The van der Waals surface area contributed by atoms with Gasteiger partial charge in [0.05, 0.1) is 17.6 Å². The third-order valence-electron chi connectivity index (χ3n) is 2.93. The molecule has 0 bridgehead atoms. The Bertz CT molecular complexity index is 629. The smallest absolute Gasteiger partial charge is 0.107 e. The van der Waals surface area contributed by atoms with Gasteiger partial charge in [-0.3, -0.25) is 0 Å². The minimum atomic E-state index is 0.702. The predicted octanol–water partition coefficient (Wildman–Crippen LogP) is 1.32. The number of nitrogens with one attached hydrogen (secondary N) is 2. The lowest BCUT2D eigenvalue weighted by Gasteiger charge is -2.00. The molecule has 0 spiro atoms. The molecule has 0 amide bonds. The predicted molar refractivity (Wildman–Crippen MR) is 75.4 cm³/mol. The van der Waals surface area contributed by atoms with Crippen LogP contribution in [0.4, 0.5) is 0 Å². The van der Waals surface area contributed by atoms with Crippen LogP contribution in [0, 0.1) is 0 Å². The van der Waals surface area contributed by atoms with E-state index in [1.54, 1.807) is 17.2 Å². The maximum absolute atomic E-state index is 4.43. The van der Waals surface area contributed by atoms with Gasteiger partial charge in [-0.25, -0.2) is 4.98 Å². The third-order valence-corrected chi connectivity index (χ3v) is 2.93. The normalized spacial score (nSPS) is 10.8. The van der Waals surface area contributed by atoms with E-state index in [0.29, 0.717) is 6.54 Å². The second kappa shape index (κ2) is 6.12. The largest absolute Gasteiger partial charge is 0.349 e. The van der Waals surface area contributed by atoms with Crippen molar-refractivity contribution >= 4 is 0 Å². The van der Waals surface area contributed by atoms with Crippen molar-refractivity contribution in [3.8, 4) is 5.69 Å². The van der Waals surface area contributed by atoms with Crippen molar-refractivity contribution in [2.45, 2.75) is 13.0 Å². The first-order valence-electron chi connectivity index (χ1n) is 6.57. The van der Waals surface area contributed by atoms with E-state index in [9.17, 15) is 0 Å². The van der Waals surface area contributed by atoms with E-state index in [4.69, 9.17) is 0 Å². The average molecular weight is 268 g/mol. The molecule has 1 aromatic carbocycles. The number of hydrogen-bond donors (Lipinski definition) is 2. The number of aromatic nitrogens is 5. The van der Waals surface area contributed by atoms with Gasteiger partial charge in [0.15, 0.2) is 0 Å². The van der Waals surface area contributed by atoms with Crippen molar-refractivity contribution in [1.82, 2.24) is 30.3 Å². The lowest BCUT2D eigenvalue weighted by molar-refractivity contribution is 0.651. The molecule has 6 heteroatoms. The highest BCUT2D eigenvalue weighted by Gasteiger charge is 2.02. The number of aromatic amines is 1. The van der Waals surface area contributed by atoms with Crippen LogP contribution in [-0.2, 0) is 13.0 Å². The molecule has 0 unspecified atom stereocenters. The van der Waals surface area contributed by atoms with Crippen molar-refractivity contribution in [3.63, 3.8) is 0 Å². The van der Waals surface area contributed by atoms with Crippen LogP contribution < -0.4 is 5.32 Å². The van der Waals surface area contributed by atoms with Gasteiger partial charge in [0.25, 0.3) is 0 Å². The van der Waals surface area contributed by atoms with E-state index >= 15 is 0 Å². The number of hydrogen-bond acceptors (Lipinski definition) is 4. The second-order valence-electron chi connectivity index (χ2n) is 4.42. The molecule has 2 heterocycles. The van der Waals surface area contributed by atoms with E-state index in [2.05, 4.69) is 25.5 Å². The standard InChI is InChI=1S/C14H16N6/c1-2-4-13(5-3-1)20-18-11-12(19-20)10-15-7-6-14-16-8-9-17-14/h1-5,8-9,11,15H,6-7,10H2,(H,16,17). The Morgan fingerprint density at radius 2 is 2.10 bits per heavy atom. The van der Waals surface area contributed by atoms with Gasteiger partial charge in [0, 0.05) is 31.9 Å². The van der Waals surface area contributed by atoms with Gasteiger partial charge in [0.2, 0.25) is 0 Å². The zero-order valence-corrected chi connectivity index (χ0v) is 11.0. The van der Waals surface area contributed by atoms with Crippen LogP contribution in [0.25, 0.3) is 5.69 Å². The van der Waals surface area contributed by atoms with Gasteiger partial charge >= 0.3 is 0 Å². The summed E-state index contributed by atoms with van der Waals surface area (Å²) in [6.45, 7) is 1.55. The fourth-order valence-electron chi connectivity index (χ4n) is 1.92. The number of imidazole rings is 1. The molecule has 102 valence electrons. The number of benzene rings is 1. The summed E-state index contributed by atoms with van der Waals surface area (Å²) in [7, 11) is 0. The van der Waals surface area contributed by atoms with Crippen LogP contribution in [0.3, 0.4) is 0 Å². The van der Waals surface area contributed by atoms with E-state index in [0.717, 1.165) is 30.2 Å². The summed E-state index contributed by atoms with van der Waals surface area (Å²) in [5.41, 5.74) is 1.89. The summed E-state index contributed by atoms with van der Waals surface area (Å²) in [4.78, 5) is 8.90. The summed E-state index contributed by atoms with van der Waals surface area (Å²) in [5.74, 6) is 0.991. The Morgan fingerprint density at radius 3 is 2.90 bits per heavy atom. The lowest BCUT2D eigenvalue weighted by Crippen LogP contribution is -2.17. The van der Waals surface area contributed by atoms with Crippen LogP contribution in [0.2, 0.25) is 0 Å². The highest BCUT2D eigenvalue weighted by Crippen LogP contribution is 2.03. The van der Waals surface area contributed by atoms with E-state index < -0.39 is 0 Å². The summed E-state index contributed by atoms with van der Waals surface area (Å²) in [6.07, 6.45) is 6.26. The van der Waals surface area contributed by atoms with E-state index in [-0.39, 0.29) is 0 Å². The molecule has 0 saturated carbocycles. The number of H-pyrrole nitrogens is 1. The van der Waals surface area contributed by atoms with Gasteiger partial charge < -0.3 is 10.3 Å². The van der Waals surface area contributed by atoms with Crippen molar-refractivity contribution in [2.75, 3.05) is 6.54 Å². The minimum Gasteiger partial charge on any atom is -0.349 e. The van der Waals surface area contributed by atoms with Crippen molar-refractivity contribution < 1.29 is 0 Å². The molecule has 0 aliphatic carbocycles. The Kier molecular flexibility index (Phi) is 3.84. The Hall–Kier alpha value is -2.47. The number of para-hydroxylation sites is 1. The Morgan fingerprint density at radius 1 is 1.20 bits per heavy atom.